The molecule has 0 radical (unpaired) electrons. The zero-order valence-corrected chi connectivity index (χ0v) is 34.2. The van der Waals surface area contributed by atoms with Crippen molar-refractivity contribution in [1.82, 2.24) is 14.5 Å². The van der Waals surface area contributed by atoms with Crippen molar-refractivity contribution in [3.05, 3.63) is 188 Å². The molecule has 14 rings (SSSR count). The maximum Gasteiger partial charge on any atom is 0.161 e. The van der Waals surface area contributed by atoms with Crippen molar-refractivity contribution in [3.63, 3.8) is 0 Å². The molecule has 0 bridgehead atoms. The van der Waals surface area contributed by atoms with Crippen molar-refractivity contribution in [3.8, 4) is 28.3 Å². The average molecular weight is 810 g/mol. The summed E-state index contributed by atoms with van der Waals surface area (Å²) in [7, 11) is 0. The van der Waals surface area contributed by atoms with Gasteiger partial charge >= 0.3 is 0 Å². The minimum absolute atomic E-state index is 0.730. The Bertz CT molecular complexity index is 4170. The number of fused-ring (bicyclic) bond motifs is 18. The molecule has 14 aromatic rings. The third kappa shape index (κ3) is 4.62. The molecular formula is C56H31N3S2. The quantitative estimate of drug-likeness (QED) is 0.166. The van der Waals surface area contributed by atoms with E-state index in [0.717, 1.165) is 38.9 Å². The largest absolute Gasteiger partial charge is 0.306 e. The number of hydrogen-bond acceptors (Lipinski definition) is 4. The molecule has 0 N–H and O–H groups in total. The van der Waals surface area contributed by atoms with Gasteiger partial charge < -0.3 is 4.57 Å². The Hall–Kier alpha value is -7.44. The Kier molecular flexibility index (Phi) is 6.87. The van der Waals surface area contributed by atoms with Gasteiger partial charge in [-0.2, -0.15) is 0 Å². The fourth-order valence-electron chi connectivity index (χ4n) is 10.2. The van der Waals surface area contributed by atoms with E-state index >= 15 is 0 Å². The van der Waals surface area contributed by atoms with Crippen LogP contribution >= 0.6 is 22.7 Å². The number of nitrogens with zero attached hydrogens (tertiary/aromatic N) is 3. The molecule has 4 heterocycles. The molecule has 0 aliphatic heterocycles. The molecule has 5 heteroatoms. The zero-order chi connectivity index (χ0) is 39.8. The summed E-state index contributed by atoms with van der Waals surface area (Å²) in [6.07, 6.45) is 0. The molecule has 3 nitrogen and oxygen atoms in total. The lowest BCUT2D eigenvalue weighted by atomic mass is 9.98. The van der Waals surface area contributed by atoms with Gasteiger partial charge in [0.1, 0.15) is 0 Å². The van der Waals surface area contributed by atoms with Gasteiger partial charge in [0.15, 0.2) is 5.82 Å². The highest BCUT2D eigenvalue weighted by Crippen LogP contribution is 2.51. The summed E-state index contributed by atoms with van der Waals surface area (Å²) in [5, 5.41) is 16.0. The first-order valence-corrected chi connectivity index (χ1v) is 22.3. The number of rotatable bonds is 3. The van der Waals surface area contributed by atoms with E-state index in [1.54, 1.807) is 0 Å². The average Bonchev–Trinajstić information content (AvgIpc) is 4.02. The maximum atomic E-state index is 5.52. The van der Waals surface area contributed by atoms with Crippen LogP contribution in [0, 0.1) is 0 Å². The van der Waals surface area contributed by atoms with Gasteiger partial charge in [0.05, 0.1) is 37.3 Å². The summed E-state index contributed by atoms with van der Waals surface area (Å²) < 4.78 is 7.68. The number of hydrogen-bond donors (Lipinski definition) is 0. The number of aromatic nitrogens is 3. The van der Waals surface area contributed by atoms with Gasteiger partial charge in [0.25, 0.3) is 0 Å². The number of thiophene rings is 2. The minimum atomic E-state index is 0.730. The third-order valence-corrected chi connectivity index (χ3v) is 15.1. The van der Waals surface area contributed by atoms with Crippen molar-refractivity contribution in [1.29, 1.82) is 0 Å². The van der Waals surface area contributed by atoms with Crippen molar-refractivity contribution in [2.24, 2.45) is 0 Å². The van der Waals surface area contributed by atoms with E-state index in [4.69, 9.17) is 9.97 Å². The molecule has 0 saturated heterocycles. The maximum absolute atomic E-state index is 5.52. The summed E-state index contributed by atoms with van der Waals surface area (Å²) in [6.45, 7) is 0. The fourth-order valence-corrected chi connectivity index (χ4v) is 12.6. The van der Waals surface area contributed by atoms with E-state index < -0.39 is 0 Å². The molecule has 0 unspecified atom stereocenters. The van der Waals surface area contributed by atoms with Crippen LogP contribution in [0.3, 0.4) is 0 Å². The standard InChI is InChI=1S/C56H31N3S2/c1-2-16-34(17-3-1)50-43-29-27-32-14-4-6-18-35(32)51(43)58-56(57-50)42-30-31-44(54-49(42)40-23-11-12-24-45(40)60-54)59-52-36-19-7-5-15-33(36)26-28-41(52)47-37-20-8-9-21-38(37)48-39-22-10-13-25-46(39)61-55(48)53(47)59/h1-31H. The summed E-state index contributed by atoms with van der Waals surface area (Å²) in [5.74, 6) is 0.730. The normalized spacial score (nSPS) is 12.3. The molecule has 0 aliphatic rings. The van der Waals surface area contributed by atoms with E-state index in [0.29, 0.717) is 0 Å². The first-order chi connectivity index (χ1) is 30.3. The highest BCUT2D eigenvalue weighted by atomic mass is 32.1. The Morgan fingerprint density at radius 1 is 0.361 bits per heavy atom. The van der Waals surface area contributed by atoms with Crippen molar-refractivity contribution >= 4 is 128 Å². The van der Waals surface area contributed by atoms with Crippen LogP contribution in [0.25, 0.3) is 134 Å². The lowest BCUT2D eigenvalue weighted by Gasteiger charge is -2.15. The van der Waals surface area contributed by atoms with Gasteiger partial charge in [-0.1, -0.05) is 158 Å². The summed E-state index contributed by atoms with van der Waals surface area (Å²) >= 11 is 3.78. The Morgan fingerprint density at radius 3 is 1.69 bits per heavy atom. The zero-order valence-electron chi connectivity index (χ0n) is 32.6. The van der Waals surface area contributed by atoms with E-state index in [-0.39, 0.29) is 0 Å². The van der Waals surface area contributed by atoms with Gasteiger partial charge in [-0.3, -0.25) is 0 Å². The van der Waals surface area contributed by atoms with E-state index in [2.05, 4.69) is 193 Å². The SMILES string of the molecule is c1ccc(-c2nc(-c3ccc(-n4c5c6ccccc6ccc5c5c6ccccc6c6c7ccccc7sc6c54)c4sc5ccccc5c34)nc3c2ccc2ccccc23)cc1. The second-order valence-electron chi connectivity index (χ2n) is 16.0. The summed E-state index contributed by atoms with van der Waals surface area (Å²) in [6, 6.07) is 68.5. The van der Waals surface area contributed by atoms with E-state index in [9.17, 15) is 0 Å². The smallest absolute Gasteiger partial charge is 0.161 e. The molecule has 0 amide bonds. The van der Waals surface area contributed by atoms with Gasteiger partial charge in [-0.05, 0) is 51.9 Å². The Labute approximate surface area is 357 Å². The van der Waals surface area contributed by atoms with Crippen LogP contribution < -0.4 is 0 Å². The molecule has 0 fully saturated rings. The summed E-state index contributed by atoms with van der Waals surface area (Å²) in [5.41, 5.74) is 7.67. The molecule has 0 spiro atoms. The lowest BCUT2D eigenvalue weighted by molar-refractivity contribution is 1.21. The monoisotopic (exact) mass is 809 g/mol. The second-order valence-corrected chi connectivity index (χ2v) is 18.1. The fraction of sp³-hybridized carbons (Fsp3) is 0. The van der Waals surface area contributed by atoms with E-state index in [1.807, 2.05) is 22.7 Å². The molecule has 0 aliphatic carbocycles. The van der Waals surface area contributed by atoms with E-state index in [1.165, 1.54) is 94.8 Å². The molecule has 0 atom stereocenters. The van der Waals surface area contributed by atoms with Crippen LogP contribution in [0.5, 0.6) is 0 Å². The number of benzene rings is 10. The first-order valence-electron chi connectivity index (χ1n) is 20.7. The van der Waals surface area contributed by atoms with Crippen LogP contribution in [0.4, 0.5) is 0 Å². The van der Waals surface area contributed by atoms with Gasteiger partial charge in [0, 0.05) is 69.0 Å². The molecular weight excluding hydrogens is 779 g/mol. The van der Waals surface area contributed by atoms with Gasteiger partial charge in [0.2, 0.25) is 0 Å². The van der Waals surface area contributed by atoms with Crippen molar-refractivity contribution in [2.45, 2.75) is 0 Å². The van der Waals surface area contributed by atoms with Gasteiger partial charge in [-0.25, -0.2) is 9.97 Å². The lowest BCUT2D eigenvalue weighted by Crippen LogP contribution is -1.99. The molecule has 4 aromatic heterocycles. The molecule has 0 saturated carbocycles. The molecule has 282 valence electrons. The summed E-state index contributed by atoms with van der Waals surface area (Å²) in [4.78, 5) is 11.0. The van der Waals surface area contributed by atoms with Crippen LogP contribution in [0.2, 0.25) is 0 Å². The highest BCUT2D eigenvalue weighted by Gasteiger charge is 2.26. The Morgan fingerprint density at radius 2 is 0.934 bits per heavy atom. The predicted molar refractivity (Wildman–Crippen MR) is 263 cm³/mol. The third-order valence-electron chi connectivity index (χ3n) is 12.8. The topological polar surface area (TPSA) is 30.7 Å². The van der Waals surface area contributed by atoms with Crippen LogP contribution in [-0.2, 0) is 0 Å². The highest BCUT2D eigenvalue weighted by molar-refractivity contribution is 7.27. The van der Waals surface area contributed by atoms with Crippen LogP contribution in [0.15, 0.2) is 188 Å². The Balaban J connectivity index is 1.18. The van der Waals surface area contributed by atoms with Crippen molar-refractivity contribution < 1.29 is 0 Å². The molecule has 61 heavy (non-hydrogen) atoms. The minimum Gasteiger partial charge on any atom is -0.306 e. The van der Waals surface area contributed by atoms with Crippen LogP contribution in [0.1, 0.15) is 0 Å². The van der Waals surface area contributed by atoms with Crippen LogP contribution in [-0.4, -0.2) is 14.5 Å². The second kappa shape index (κ2) is 12.5. The van der Waals surface area contributed by atoms with Crippen molar-refractivity contribution in [2.75, 3.05) is 0 Å². The predicted octanol–water partition coefficient (Wildman–Crippen LogP) is 16.3. The first kappa shape index (κ1) is 33.4. The molecule has 10 aromatic carbocycles. The van der Waals surface area contributed by atoms with Gasteiger partial charge in [-0.15, -0.1) is 22.7 Å².